The lowest BCUT2D eigenvalue weighted by molar-refractivity contribution is 0.0954. The van der Waals surface area contributed by atoms with Gasteiger partial charge in [0.25, 0.3) is 5.91 Å². The van der Waals surface area contributed by atoms with Crippen molar-refractivity contribution in [3.63, 3.8) is 0 Å². The summed E-state index contributed by atoms with van der Waals surface area (Å²) >= 11 is 6.14. The molecule has 0 aromatic heterocycles. The molecule has 0 saturated carbocycles. The van der Waals surface area contributed by atoms with Crippen LogP contribution in [0.2, 0.25) is 5.02 Å². The van der Waals surface area contributed by atoms with Crippen molar-refractivity contribution in [1.82, 2.24) is 5.43 Å². The second-order valence-electron chi connectivity index (χ2n) is 5.29. The molecule has 0 unspecified atom stereocenters. The van der Waals surface area contributed by atoms with Crippen molar-refractivity contribution >= 4 is 23.7 Å². The Bertz CT molecular complexity index is 837. The Balaban J connectivity index is 2.02. The van der Waals surface area contributed by atoms with Gasteiger partial charge in [0.15, 0.2) is 11.5 Å². The third kappa shape index (κ3) is 5.76. The Hall–Kier alpha value is -2.99. The molecule has 27 heavy (non-hydrogen) atoms. The molecule has 0 radical (unpaired) electrons. The van der Waals surface area contributed by atoms with E-state index >= 15 is 0 Å². The van der Waals surface area contributed by atoms with Crippen LogP contribution in [-0.2, 0) is 0 Å². The summed E-state index contributed by atoms with van der Waals surface area (Å²) in [7, 11) is 1.52. The fourth-order valence-corrected chi connectivity index (χ4v) is 2.42. The topological polar surface area (TPSA) is 69.2 Å². The molecule has 0 atom stereocenters. The van der Waals surface area contributed by atoms with E-state index in [2.05, 4.69) is 17.1 Å². The smallest absolute Gasteiger partial charge is 0.271 e. The van der Waals surface area contributed by atoms with Crippen LogP contribution in [-0.4, -0.2) is 32.4 Å². The Morgan fingerprint density at radius 1 is 1.19 bits per heavy atom. The number of nitrogens with one attached hydrogen (secondary N) is 1. The number of benzene rings is 2. The first kappa shape index (κ1) is 20.3. The fourth-order valence-electron chi connectivity index (χ4n) is 2.18. The SMILES string of the molecule is C=CCOc1ccc(/C=N/NC(=O)c2ccc(OCC)c(OC)c2)cc1Cl. The highest BCUT2D eigenvalue weighted by Gasteiger charge is 2.10. The molecule has 0 bridgehead atoms. The molecule has 6 nitrogen and oxygen atoms in total. The number of hydrogen-bond acceptors (Lipinski definition) is 5. The van der Waals surface area contributed by atoms with Gasteiger partial charge in [0.1, 0.15) is 12.4 Å². The second kappa shape index (κ2) is 10.2. The molecule has 0 aliphatic carbocycles. The van der Waals surface area contributed by atoms with Gasteiger partial charge < -0.3 is 14.2 Å². The van der Waals surface area contributed by atoms with Crippen molar-refractivity contribution in [1.29, 1.82) is 0 Å². The maximum Gasteiger partial charge on any atom is 0.271 e. The Morgan fingerprint density at radius 3 is 2.63 bits per heavy atom. The van der Waals surface area contributed by atoms with Gasteiger partial charge in [-0.05, 0) is 48.9 Å². The standard InChI is InChI=1S/C20H21ClN2O4/c1-4-10-27-17-8-6-14(11-16(17)21)13-22-23-20(24)15-7-9-18(26-5-2)19(12-15)25-3/h4,6-9,11-13H,1,5,10H2,2-3H3,(H,23,24)/b22-13+. The largest absolute Gasteiger partial charge is 0.493 e. The van der Waals surface area contributed by atoms with Gasteiger partial charge in [0.2, 0.25) is 0 Å². The Morgan fingerprint density at radius 2 is 1.96 bits per heavy atom. The zero-order valence-electron chi connectivity index (χ0n) is 15.2. The summed E-state index contributed by atoms with van der Waals surface area (Å²) in [4.78, 5) is 12.2. The molecule has 0 aliphatic rings. The highest BCUT2D eigenvalue weighted by Crippen LogP contribution is 2.28. The van der Waals surface area contributed by atoms with E-state index in [1.807, 2.05) is 6.92 Å². The lowest BCUT2D eigenvalue weighted by Crippen LogP contribution is -2.17. The predicted octanol–water partition coefficient (Wildman–Crippen LogP) is 4.08. The molecule has 0 saturated heterocycles. The fraction of sp³-hybridized carbons (Fsp3) is 0.200. The van der Waals surface area contributed by atoms with Gasteiger partial charge in [0, 0.05) is 5.56 Å². The number of hydrazone groups is 1. The van der Waals surface area contributed by atoms with Crippen LogP contribution >= 0.6 is 11.6 Å². The van der Waals surface area contributed by atoms with E-state index in [1.54, 1.807) is 42.5 Å². The quantitative estimate of drug-likeness (QED) is 0.399. The van der Waals surface area contributed by atoms with Crippen LogP contribution in [0.4, 0.5) is 0 Å². The van der Waals surface area contributed by atoms with Gasteiger partial charge in [0.05, 0.1) is 25.0 Å². The first-order valence-electron chi connectivity index (χ1n) is 8.26. The van der Waals surface area contributed by atoms with Crippen LogP contribution in [0.5, 0.6) is 17.2 Å². The van der Waals surface area contributed by atoms with Crippen molar-refractivity contribution in [2.75, 3.05) is 20.3 Å². The third-order valence-corrected chi connectivity index (χ3v) is 3.71. The van der Waals surface area contributed by atoms with E-state index in [0.29, 0.717) is 41.0 Å². The van der Waals surface area contributed by atoms with Crippen molar-refractivity contribution in [3.05, 3.63) is 65.2 Å². The number of hydrogen-bond donors (Lipinski definition) is 1. The van der Waals surface area contributed by atoms with E-state index < -0.39 is 0 Å². The van der Waals surface area contributed by atoms with Gasteiger partial charge in [-0.3, -0.25) is 4.79 Å². The van der Waals surface area contributed by atoms with Crippen molar-refractivity contribution in [3.8, 4) is 17.2 Å². The van der Waals surface area contributed by atoms with E-state index in [1.165, 1.54) is 13.3 Å². The molecular weight excluding hydrogens is 368 g/mol. The predicted molar refractivity (Wildman–Crippen MR) is 106 cm³/mol. The summed E-state index contributed by atoms with van der Waals surface area (Å²) in [6, 6.07) is 10.1. The molecule has 0 spiro atoms. The van der Waals surface area contributed by atoms with Gasteiger partial charge in [-0.2, -0.15) is 5.10 Å². The minimum Gasteiger partial charge on any atom is -0.493 e. The molecule has 0 aliphatic heterocycles. The van der Waals surface area contributed by atoms with Crippen molar-refractivity contribution < 1.29 is 19.0 Å². The summed E-state index contributed by atoms with van der Waals surface area (Å²) in [5.74, 6) is 1.24. The highest BCUT2D eigenvalue weighted by atomic mass is 35.5. The van der Waals surface area contributed by atoms with E-state index in [0.717, 1.165) is 5.56 Å². The maximum atomic E-state index is 12.2. The zero-order valence-corrected chi connectivity index (χ0v) is 16.0. The van der Waals surface area contributed by atoms with Gasteiger partial charge >= 0.3 is 0 Å². The van der Waals surface area contributed by atoms with Crippen LogP contribution in [0.1, 0.15) is 22.8 Å². The second-order valence-corrected chi connectivity index (χ2v) is 5.69. The van der Waals surface area contributed by atoms with Crippen LogP contribution in [0.25, 0.3) is 0 Å². The molecular formula is C20H21ClN2O4. The number of carbonyl (C=O) groups is 1. The van der Waals surface area contributed by atoms with Gasteiger partial charge in [-0.15, -0.1) is 0 Å². The number of amides is 1. The highest BCUT2D eigenvalue weighted by molar-refractivity contribution is 6.32. The molecule has 2 aromatic carbocycles. The number of methoxy groups -OCH3 is 1. The molecule has 0 fully saturated rings. The monoisotopic (exact) mass is 388 g/mol. The minimum atomic E-state index is -0.371. The molecule has 2 rings (SSSR count). The molecule has 1 amide bonds. The van der Waals surface area contributed by atoms with Crippen LogP contribution < -0.4 is 19.6 Å². The molecule has 2 aromatic rings. The maximum absolute atomic E-state index is 12.2. The average Bonchev–Trinajstić information content (AvgIpc) is 2.67. The average molecular weight is 389 g/mol. The summed E-state index contributed by atoms with van der Waals surface area (Å²) in [6.45, 7) is 6.34. The van der Waals surface area contributed by atoms with Crippen molar-refractivity contribution in [2.24, 2.45) is 5.10 Å². The van der Waals surface area contributed by atoms with Crippen LogP contribution in [0, 0.1) is 0 Å². The summed E-state index contributed by atoms with van der Waals surface area (Å²) in [5.41, 5.74) is 3.58. The van der Waals surface area contributed by atoms with E-state index in [9.17, 15) is 4.79 Å². The first-order valence-corrected chi connectivity index (χ1v) is 8.64. The number of ether oxygens (including phenoxy) is 3. The Labute approximate surface area is 163 Å². The normalized spacial score (nSPS) is 10.5. The van der Waals surface area contributed by atoms with Crippen molar-refractivity contribution in [2.45, 2.75) is 6.92 Å². The molecule has 0 heterocycles. The lowest BCUT2D eigenvalue weighted by Gasteiger charge is -2.10. The van der Waals surface area contributed by atoms with Crippen LogP contribution in [0.3, 0.4) is 0 Å². The Kier molecular flexibility index (Phi) is 7.70. The lowest BCUT2D eigenvalue weighted by atomic mass is 10.2. The first-order chi connectivity index (χ1) is 13.1. The number of rotatable bonds is 9. The molecule has 1 N–H and O–H groups in total. The number of halogens is 1. The zero-order chi connectivity index (χ0) is 19.6. The number of carbonyl (C=O) groups excluding carboxylic acids is 1. The molecule has 142 valence electrons. The van der Waals surface area contributed by atoms with E-state index in [-0.39, 0.29) is 5.91 Å². The van der Waals surface area contributed by atoms with Crippen LogP contribution in [0.15, 0.2) is 54.2 Å². The molecule has 7 heteroatoms. The summed E-state index contributed by atoms with van der Waals surface area (Å²) in [5, 5.41) is 4.40. The minimum absolute atomic E-state index is 0.370. The summed E-state index contributed by atoms with van der Waals surface area (Å²) in [6.07, 6.45) is 3.13. The van der Waals surface area contributed by atoms with Gasteiger partial charge in [-0.25, -0.2) is 5.43 Å². The third-order valence-electron chi connectivity index (χ3n) is 3.42. The van der Waals surface area contributed by atoms with E-state index in [4.69, 9.17) is 25.8 Å². The summed E-state index contributed by atoms with van der Waals surface area (Å²) < 4.78 is 16.1. The van der Waals surface area contributed by atoms with Gasteiger partial charge in [-0.1, -0.05) is 24.3 Å². The number of nitrogens with zero attached hydrogens (tertiary/aromatic N) is 1.